The second-order valence-electron chi connectivity index (χ2n) is 3.85. The summed E-state index contributed by atoms with van der Waals surface area (Å²) >= 11 is 0. The Morgan fingerprint density at radius 3 is 2.19 bits per heavy atom. The normalized spacial score (nSPS) is 39.9. The van der Waals surface area contributed by atoms with Crippen LogP contribution >= 0.6 is 0 Å². The zero-order valence-electron chi connectivity index (χ0n) is 8.55. The molecule has 1 saturated heterocycles. The van der Waals surface area contributed by atoms with E-state index in [1.165, 1.54) is 0 Å². The van der Waals surface area contributed by atoms with Gasteiger partial charge in [0, 0.05) is 12.4 Å². The Labute approximate surface area is 92.3 Å². The molecule has 5 atom stereocenters. The first-order valence-corrected chi connectivity index (χ1v) is 5.08. The van der Waals surface area contributed by atoms with Crippen molar-refractivity contribution in [1.82, 2.24) is 4.57 Å². The SMILES string of the molecule is OC[C@H]1OC(n2cccc2)[C@H](O)[C@@H](O)[C@@H]1O. The van der Waals surface area contributed by atoms with E-state index < -0.39 is 37.3 Å². The summed E-state index contributed by atoms with van der Waals surface area (Å²) in [4.78, 5) is 0. The first-order chi connectivity index (χ1) is 7.65. The van der Waals surface area contributed by atoms with Gasteiger partial charge < -0.3 is 29.7 Å². The van der Waals surface area contributed by atoms with E-state index in [0.29, 0.717) is 0 Å². The van der Waals surface area contributed by atoms with Crippen LogP contribution in [0.25, 0.3) is 0 Å². The van der Waals surface area contributed by atoms with Crippen molar-refractivity contribution in [3.8, 4) is 0 Å². The average Bonchev–Trinajstić information content (AvgIpc) is 2.80. The van der Waals surface area contributed by atoms with Gasteiger partial charge in [-0.2, -0.15) is 0 Å². The topological polar surface area (TPSA) is 95.1 Å². The highest BCUT2D eigenvalue weighted by Crippen LogP contribution is 2.28. The minimum atomic E-state index is -1.33. The number of aromatic nitrogens is 1. The Balaban J connectivity index is 2.20. The van der Waals surface area contributed by atoms with E-state index in [-0.39, 0.29) is 0 Å². The van der Waals surface area contributed by atoms with Crippen molar-refractivity contribution in [2.24, 2.45) is 0 Å². The van der Waals surface area contributed by atoms with E-state index in [1.807, 2.05) is 0 Å². The lowest BCUT2D eigenvalue weighted by Gasteiger charge is -2.40. The first kappa shape index (κ1) is 11.6. The molecule has 1 aliphatic rings. The third kappa shape index (κ3) is 1.85. The van der Waals surface area contributed by atoms with Crippen molar-refractivity contribution in [3.05, 3.63) is 24.5 Å². The predicted molar refractivity (Wildman–Crippen MR) is 53.4 cm³/mol. The molecule has 1 unspecified atom stereocenters. The van der Waals surface area contributed by atoms with Gasteiger partial charge in [-0.3, -0.25) is 0 Å². The molecule has 1 fully saturated rings. The molecule has 1 aromatic heterocycles. The molecule has 6 heteroatoms. The van der Waals surface area contributed by atoms with Gasteiger partial charge in [0.05, 0.1) is 6.61 Å². The molecule has 0 bridgehead atoms. The molecule has 0 aliphatic carbocycles. The Kier molecular flexibility index (Phi) is 3.27. The summed E-state index contributed by atoms with van der Waals surface area (Å²) in [6.07, 6.45) is -2.20. The fraction of sp³-hybridized carbons (Fsp3) is 0.600. The third-order valence-corrected chi connectivity index (χ3v) is 2.79. The number of aliphatic hydroxyl groups is 4. The van der Waals surface area contributed by atoms with Crippen molar-refractivity contribution >= 4 is 0 Å². The highest BCUT2D eigenvalue weighted by Gasteiger charge is 2.43. The zero-order chi connectivity index (χ0) is 11.7. The number of nitrogens with zero attached hydrogens (tertiary/aromatic N) is 1. The number of hydrogen-bond acceptors (Lipinski definition) is 5. The van der Waals surface area contributed by atoms with Gasteiger partial charge in [-0.15, -0.1) is 0 Å². The average molecular weight is 229 g/mol. The molecule has 16 heavy (non-hydrogen) atoms. The Morgan fingerprint density at radius 2 is 1.62 bits per heavy atom. The maximum atomic E-state index is 9.76. The molecule has 4 N–H and O–H groups in total. The molecule has 0 aromatic carbocycles. The fourth-order valence-corrected chi connectivity index (χ4v) is 1.85. The molecule has 0 amide bonds. The fourth-order valence-electron chi connectivity index (χ4n) is 1.85. The third-order valence-electron chi connectivity index (χ3n) is 2.79. The maximum Gasteiger partial charge on any atom is 0.162 e. The molecule has 1 aliphatic heterocycles. The smallest absolute Gasteiger partial charge is 0.162 e. The summed E-state index contributed by atoms with van der Waals surface area (Å²) in [6.45, 7) is -0.414. The Hall–Kier alpha value is -0.920. The van der Waals surface area contributed by atoms with E-state index in [4.69, 9.17) is 9.84 Å². The highest BCUT2D eigenvalue weighted by molar-refractivity contribution is 4.97. The van der Waals surface area contributed by atoms with Crippen molar-refractivity contribution in [2.75, 3.05) is 6.61 Å². The molecule has 90 valence electrons. The van der Waals surface area contributed by atoms with Crippen molar-refractivity contribution in [2.45, 2.75) is 30.6 Å². The van der Waals surface area contributed by atoms with Crippen LogP contribution in [-0.4, -0.2) is 56.0 Å². The van der Waals surface area contributed by atoms with Crippen LogP contribution in [-0.2, 0) is 4.74 Å². The van der Waals surface area contributed by atoms with E-state index in [2.05, 4.69) is 0 Å². The number of ether oxygens (including phenoxy) is 1. The van der Waals surface area contributed by atoms with E-state index in [9.17, 15) is 15.3 Å². The summed E-state index contributed by atoms with van der Waals surface area (Å²) < 4.78 is 6.90. The lowest BCUT2D eigenvalue weighted by molar-refractivity contribution is -0.251. The number of hydrogen-bond donors (Lipinski definition) is 4. The quantitative estimate of drug-likeness (QED) is 0.493. The summed E-state index contributed by atoms with van der Waals surface area (Å²) in [6, 6.07) is 3.50. The molecule has 2 heterocycles. The standard InChI is InChI=1S/C10H15NO5/c12-5-6-7(13)8(14)9(15)10(16-6)11-3-1-2-4-11/h1-4,6-10,12-15H,5H2/t6-,7-,8+,9-,10?/m1/s1. The number of rotatable bonds is 2. The van der Waals surface area contributed by atoms with Crippen LogP contribution in [0.15, 0.2) is 24.5 Å². The van der Waals surface area contributed by atoms with Crippen LogP contribution in [0.4, 0.5) is 0 Å². The molecule has 0 saturated carbocycles. The van der Waals surface area contributed by atoms with Gasteiger partial charge in [0.25, 0.3) is 0 Å². The lowest BCUT2D eigenvalue weighted by atomic mass is 9.98. The predicted octanol–water partition coefficient (Wildman–Crippen LogP) is -1.54. The number of aliphatic hydroxyl groups excluding tert-OH is 4. The minimum absolute atomic E-state index is 0.414. The molecule has 0 radical (unpaired) electrons. The zero-order valence-corrected chi connectivity index (χ0v) is 8.55. The minimum Gasteiger partial charge on any atom is -0.394 e. The van der Waals surface area contributed by atoms with Gasteiger partial charge in [0.1, 0.15) is 24.4 Å². The molecular weight excluding hydrogens is 214 g/mol. The Bertz CT molecular complexity index is 326. The van der Waals surface area contributed by atoms with Crippen molar-refractivity contribution in [3.63, 3.8) is 0 Å². The first-order valence-electron chi connectivity index (χ1n) is 5.08. The van der Waals surface area contributed by atoms with Crippen LogP contribution in [0, 0.1) is 0 Å². The van der Waals surface area contributed by atoms with E-state index in [1.54, 1.807) is 29.1 Å². The second-order valence-corrected chi connectivity index (χ2v) is 3.85. The van der Waals surface area contributed by atoms with Gasteiger partial charge in [-0.05, 0) is 12.1 Å². The highest BCUT2D eigenvalue weighted by atomic mass is 16.6. The van der Waals surface area contributed by atoms with Crippen LogP contribution in [0.2, 0.25) is 0 Å². The molecular formula is C10H15NO5. The summed E-state index contributed by atoms with van der Waals surface area (Å²) in [5.74, 6) is 0. The summed E-state index contributed by atoms with van der Waals surface area (Å²) in [7, 11) is 0. The summed E-state index contributed by atoms with van der Waals surface area (Å²) in [5.41, 5.74) is 0. The molecule has 0 spiro atoms. The van der Waals surface area contributed by atoms with E-state index >= 15 is 0 Å². The van der Waals surface area contributed by atoms with Crippen LogP contribution in [0.3, 0.4) is 0 Å². The molecule has 6 nitrogen and oxygen atoms in total. The lowest BCUT2D eigenvalue weighted by Crippen LogP contribution is -2.56. The van der Waals surface area contributed by atoms with Gasteiger partial charge in [-0.25, -0.2) is 0 Å². The Morgan fingerprint density at radius 1 is 1.00 bits per heavy atom. The largest absolute Gasteiger partial charge is 0.394 e. The van der Waals surface area contributed by atoms with Crippen molar-refractivity contribution < 1.29 is 25.2 Å². The van der Waals surface area contributed by atoms with Gasteiger partial charge in [0.15, 0.2) is 6.23 Å². The second kappa shape index (κ2) is 4.52. The summed E-state index contributed by atoms with van der Waals surface area (Å²) in [5, 5.41) is 37.9. The maximum absolute atomic E-state index is 9.76. The van der Waals surface area contributed by atoms with Crippen molar-refractivity contribution in [1.29, 1.82) is 0 Å². The van der Waals surface area contributed by atoms with E-state index in [0.717, 1.165) is 0 Å². The molecule has 1 aromatic rings. The van der Waals surface area contributed by atoms with Crippen LogP contribution in [0.1, 0.15) is 6.23 Å². The monoisotopic (exact) mass is 229 g/mol. The van der Waals surface area contributed by atoms with Gasteiger partial charge >= 0.3 is 0 Å². The van der Waals surface area contributed by atoms with Crippen LogP contribution in [0.5, 0.6) is 0 Å². The van der Waals surface area contributed by atoms with Gasteiger partial charge in [0.2, 0.25) is 0 Å². The molecule has 2 rings (SSSR count). The van der Waals surface area contributed by atoms with Gasteiger partial charge in [-0.1, -0.05) is 0 Å². The van der Waals surface area contributed by atoms with Crippen LogP contribution < -0.4 is 0 Å².